The maximum Gasteiger partial charge on any atom is 0.122 e. The number of hydrogen-bond donors (Lipinski definition) is 1. The van der Waals surface area contributed by atoms with Crippen molar-refractivity contribution in [1.82, 2.24) is 0 Å². The van der Waals surface area contributed by atoms with Crippen LogP contribution in [0.4, 0.5) is 0 Å². The quantitative estimate of drug-likeness (QED) is 0.543. The van der Waals surface area contributed by atoms with Gasteiger partial charge in [-0.2, -0.15) is 11.8 Å². The van der Waals surface area contributed by atoms with Crippen molar-refractivity contribution in [2.75, 3.05) is 0 Å². The summed E-state index contributed by atoms with van der Waals surface area (Å²) in [5, 5.41) is 11.5. The number of aromatic hydroxyl groups is 1. The number of benzene rings is 1. The molecule has 1 aromatic carbocycles. The lowest BCUT2D eigenvalue weighted by Gasteiger charge is -2.24. The van der Waals surface area contributed by atoms with E-state index in [0.717, 1.165) is 35.0 Å². The smallest absolute Gasteiger partial charge is 0.122 e. The van der Waals surface area contributed by atoms with E-state index in [1.54, 1.807) is 0 Å². The molecule has 0 unspecified atom stereocenters. The SMILES string of the molecule is C=CCCc1cc(C(C)(C)C)cc(CSC2CCCCCCC2)c1O. The fourth-order valence-electron chi connectivity index (χ4n) is 3.54. The van der Waals surface area contributed by atoms with Crippen LogP contribution in [0.2, 0.25) is 0 Å². The fourth-order valence-corrected chi connectivity index (χ4v) is 4.85. The molecule has 0 heterocycles. The average Bonchev–Trinajstić information content (AvgIpc) is 2.52. The highest BCUT2D eigenvalue weighted by Crippen LogP contribution is 2.36. The van der Waals surface area contributed by atoms with E-state index in [1.165, 1.54) is 50.5 Å². The number of thioether (sulfide) groups is 1. The first-order chi connectivity index (χ1) is 11.9. The summed E-state index contributed by atoms with van der Waals surface area (Å²) in [6.45, 7) is 10.6. The Hall–Kier alpha value is -0.890. The van der Waals surface area contributed by atoms with Crippen molar-refractivity contribution in [3.05, 3.63) is 41.5 Å². The zero-order valence-electron chi connectivity index (χ0n) is 16.4. The van der Waals surface area contributed by atoms with Gasteiger partial charge in [-0.3, -0.25) is 0 Å². The maximum atomic E-state index is 10.8. The highest BCUT2D eigenvalue weighted by Gasteiger charge is 2.20. The molecule has 1 aliphatic rings. The first-order valence-electron chi connectivity index (χ1n) is 9.99. The Kier molecular flexibility index (Phi) is 7.93. The summed E-state index contributed by atoms with van der Waals surface area (Å²) >= 11 is 2.06. The van der Waals surface area contributed by atoms with Crippen molar-refractivity contribution in [3.63, 3.8) is 0 Å². The highest BCUT2D eigenvalue weighted by molar-refractivity contribution is 7.99. The van der Waals surface area contributed by atoms with Crippen molar-refractivity contribution in [3.8, 4) is 5.75 Å². The van der Waals surface area contributed by atoms with Gasteiger partial charge in [0.2, 0.25) is 0 Å². The van der Waals surface area contributed by atoms with Crippen molar-refractivity contribution in [2.45, 2.75) is 95.0 Å². The van der Waals surface area contributed by atoms with Crippen LogP contribution < -0.4 is 0 Å². The van der Waals surface area contributed by atoms with E-state index in [0.29, 0.717) is 5.75 Å². The third kappa shape index (κ3) is 6.40. The first-order valence-corrected chi connectivity index (χ1v) is 11.0. The molecule has 0 atom stereocenters. The molecule has 1 aliphatic carbocycles. The summed E-state index contributed by atoms with van der Waals surface area (Å²) in [5.74, 6) is 1.45. The van der Waals surface area contributed by atoms with Gasteiger partial charge in [-0.1, -0.05) is 71.1 Å². The minimum Gasteiger partial charge on any atom is -0.507 e. The van der Waals surface area contributed by atoms with Crippen LogP contribution in [0.3, 0.4) is 0 Å². The summed E-state index contributed by atoms with van der Waals surface area (Å²) in [5.41, 5.74) is 3.65. The molecule has 0 aliphatic heterocycles. The van der Waals surface area contributed by atoms with Gasteiger partial charge in [0.05, 0.1) is 0 Å². The molecule has 140 valence electrons. The summed E-state index contributed by atoms with van der Waals surface area (Å²) in [7, 11) is 0. The largest absolute Gasteiger partial charge is 0.507 e. The Balaban J connectivity index is 2.15. The molecule has 1 N–H and O–H groups in total. The molecular formula is C23H36OS. The van der Waals surface area contributed by atoms with Gasteiger partial charge in [0, 0.05) is 16.6 Å². The topological polar surface area (TPSA) is 20.2 Å². The van der Waals surface area contributed by atoms with Crippen LogP contribution in [0, 0.1) is 0 Å². The van der Waals surface area contributed by atoms with E-state index in [2.05, 4.69) is 51.2 Å². The van der Waals surface area contributed by atoms with Gasteiger partial charge in [0.15, 0.2) is 0 Å². The molecule has 1 aromatic rings. The molecule has 0 spiro atoms. The van der Waals surface area contributed by atoms with Crippen LogP contribution in [0.25, 0.3) is 0 Å². The lowest BCUT2D eigenvalue weighted by atomic mass is 9.84. The molecule has 0 bridgehead atoms. The van der Waals surface area contributed by atoms with Gasteiger partial charge in [-0.05, 0) is 42.2 Å². The van der Waals surface area contributed by atoms with E-state index in [4.69, 9.17) is 0 Å². The standard InChI is InChI=1S/C23H36OS/c1-5-6-12-18-15-20(23(2,3)4)16-19(22(18)24)17-25-21-13-10-8-7-9-11-14-21/h5,15-16,21,24H,1,6-14,17H2,2-4H3. The highest BCUT2D eigenvalue weighted by atomic mass is 32.2. The maximum absolute atomic E-state index is 10.8. The third-order valence-electron chi connectivity index (χ3n) is 5.28. The van der Waals surface area contributed by atoms with Crippen LogP contribution in [0.15, 0.2) is 24.8 Å². The average molecular weight is 361 g/mol. The van der Waals surface area contributed by atoms with Gasteiger partial charge in [-0.15, -0.1) is 6.58 Å². The van der Waals surface area contributed by atoms with Gasteiger partial charge in [-0.25, -0.2) is 0 Å². The zero-order valence-corrected chi connectivity index (χ0v) is 17.3. The van der Waals surface area contributed by atoms with E-state index >= 15 is 0 Å². The van der Waals surface area contributed by atoms with Crippen LogP contribution in [0.1, 0.15) is 88.8 Å². The van der Waals surface area contributed by atoms with Crippen molar-refractivity contribution >= 4 is 11.8 Å². The number of rotatable bonds is 6. The molecular weight excluding hydrogens is 324 g/mol. The Morgan fingerprint density at radius 3 is 2.28 bits per heavy atom. The van der Waals surface area contributed by atoms with Crippen molar-refractivity contribution in [1.29, 1.82) is 0 Å². The molecule has 0 amide bonds. The number of aryl methyl sites for hydroxylation is 1. The Bertz CT molecular complexity index is 548. The molecule has 2 rings (SSSR count). The van der Waals surface area contributed by atoms with Gasteiger partial charge < -0.3 is 5.11 Å². The molecule has 1 nitrogen and oxygen atoms in total. The first kappa shape index (κ1) is 20.4. The van der Waals surface area contributed by atoms with Crippen LogP contribution in [-0.4, -0.2) is 10.4 Å². The lowest BCUT2D eigenvalue weighted by molar-refractivity contribution is 0.461. The summed E-state index contributed by atoms with van der Waals surface area (Å²) in [4.78, 5) is 0. The molecule has 0 aromatic heterocycles. The van der Waals surface area contributed by atoms with Gasteiger partial charge in [0.25, 0.3) is 0 Å². The number of allylic oxidation sites excluding steroid dienone is 1. The Labute approximate surface area is 159 Å². The predicted octanol–water partition coefficient (Wildman–Crippen LogP) is 7.15. The van der Waals surface area contributed by atoms with Crippen LogP contribution in [0.5, 0.6) is 5.75 Å². The monoisotopic (exact) mass is 360 g/mol. The molecule has 1 fully saturated rings. The number of phenolic OH excluding ortho intramolecular Hbond substituents is 1. The predicted molar refractivity (Wildman–Crippen MR) is 113 cm³/mol. The van der Waals surface area contributed by atoms with Crippen molar-refractivity contribution < 1.29 is 5.11 Å². The Morgan fingerprint density at radius 2 is 1.68 bits per heavy atom. The summed E-state index contributed by atoms with van der Waals surface area (Å²) in [6, 6.07) is 4.44. The molecule has 1 saturated carbocycles. The molecule has 2 heteroatoms. The fraction of sp³-hybridized carbons (Fsp3) is 0.652. The van der Waals surface area contributed by atoms with E-state index in [-0.39, 0.29) is 5.41 Å². The van der Waals surface area contributed by atoms with E-state index in [9.17, 15) is 5.11 Å². The molecule has 0 saturated heterocycles. The normalized spacial score (nSPS) is 17.1. The van der Waals surface area contributed by atoms with Crippen LogP contribution in [-0.2, 0) is 17.6 Å². The second-order valence-electron chi connectivity index (χ2n) is 8.50. The Morgan fingerprint density at radius 1 is 1.08 bits per heavy atom. The molecule has 0 radical (unpaired) electrons. The van der Waals surface area contributed by atoms with E-state index < -0.39 is 0 Å². The lowest BCUT2D eigenvalue weighted by Crippen LogP contribution is -2.13. The second kappa shape index (κ2) is 9.71. The van der Waals surface area contributed by atoms with Crippen LogP contribution >= 0.6 is 11.8 Å². The summed E-state index contributed by atoms with van der Waals surface area (Å²) < 4.78 is 0. The zero-order chi connectivity index (χ0) is 18.3. The second-order valence-corrected chi connectivity index (χ2v) is 9.79. The van der Waals surface area contributed by atoms with Gasteiger partial charge >= 0.3 is 0 Å². The molecule has 25 heavy (non-hydrogen) atoms. The van der Waals surface area contributed by atoms with Gasteiger partial charge in [0.1, 0.15) is 5.75 Å². The summed E-state index contributed by atoms with van der Waals surface area (Å²) in [6.07, 6.45) is 13.4. The third-order valence-corrected chi connectivity index (χ3v) is 6.70. The number of phenols is 1. The minimum atomic E-state index is 0.107. The van der Waals surface area contributed by atoms with E-state index in [1.807, 2.05) is 6.08 Å². The number of hydrogen-bond acceptors (Lipinski definition) is 2. The minimum absolute atomic E-state index is 0.107. The van der Waals surface area contributed by atoms with Crippen molar-refractivity contribution in [2.24, 2.45) is 0 Å².